The van der Waals surface area contributed by atoms with E-state index in [1.54, 1.807) is 12.4 Å². The van der Waals surface area contributed by atoms with Crippen LogP contribution in [-0.2, 0) is 0 Å². The number of nitrogens with zero attached hydrogens (tertiary/aromatic N) is 1. The van der Waals surface area contributed by atoms with Crippen molar-refractivity contribution in [3.8, 4) is 0 Å². The van der Waals surface area contributed by atoms with Gasteiger partial charge in [0.1, 0.15) is 0 Å². The third-order valence-electron chi connectivity index (χ3n) is 3.58. The van der Waals surface area contributed by atoms with Gasteiger partial charge in [-0.05, 0) is 25.0 Å². The Morgan fingerprint density at radius 1 is 1.05 bits per heavy atom. The molecule has 0 N–H and O–H groups in total. The zero-order valence-corrected chi connectivity index (χ0v) is 12.5. The van der Waals surface area contributed by atoms with Gasteiger partial charge in [-0.15, -0.1) is 0 Å². The number of carbonyl (C=O) groups excluding carboxylic acids is 1. The lowest BCUT2D eigenvalue weighted by atomic mass is 10.0. The number of aryl methyl sites for hydroxylation is 1. The molecule has 106 valence electrons. The first-order valence-electron chi connectivity index (χ1n) is 7.69. The van der Waals surface area contributed by atoms with Crippen molar-refractivity contribution in [2.24, 2.45) is 0 Å². The van der Waals surface area contributed by atoms with E-state index in [1.165, 1.54) is 44.9 Å². The van der Waals surface area contributed by atoms with Gasteiger partial charge in [0.05, 0.1) is 0 Å². The molecular formula is C17H27NO. The second-order valence-corrected chi connectivity index (χ2v) is 5.34. The molecule has 0 atom stereocenters. The number of carbonyl (C=O) groups is 1. The third-order valence-corrected chi connectivity index (χ3v) is 3.58. The Bertz CT molecular complexity index is 373. The molecule has 0 aliphatic rings. The smallest absolute Gasteiger partial charge is 0.163 e. The van der Waals surface area contributed by atoms with Crippen molar-refractivity contribution >= 4 is 5.78 Å². The molecule has 0 amide bonds. The van der Waals surface area contributed by atoms with Gasteiger partial charge in [0.2, 0.25) is 0 Å². The Morgan fingerprint density at radius 3 is 2.32 bits per heavy atom. The number of pyridine rings is 1. The first-order chi connectivity index (χ1) is 9.25. The molecule has 0 bridgehead atoms. The summed E-state index contributed by atoms with van der Waals surface area (Å²) in [4.78, 5) is 16.0. The van der Waals surface area contributed by atoms with Gasteiger partial charge in [-0.3, -0.25) is 9.78 Å². The summed E-state index contributed by atoms with van der Waals surface area (Å²) in [5, 5.41) is 0. The monoisotopic (exact) mass is 261 g/mol. The van der Waals surface area contributed by atoms with Crippen LogP contribution >= 0.6 is 0 Å². The standard InChI is InChI=1S/C17H27NO/c1-3-4-5-6-7-8-9-10-11-17(19)16-12-13-18-14-15(16)2/h12-14H,3-11H2,1-2H3. The normalized spacial score (nSPS) is 10.6. The van der Waals surface area contributed by atoms with Gasteiger partial charge in [0.25, 0.3) is 0 Å². The fraction of sp³-hybridized carbons (Fsp3) is 0.647. The molecule has 0 aliphatic heterocycles. The van der Waals surface area contributed by atoms with Crippen LogP contribution in [0, 0.1) is 6.92 Å². The maximum absolute atomic E-state index is 12.0. The van der Waals surface area contributed by atoms with Crippen molar-refractivity contribution in [3.05, 3.63) is 29.6 Å². The van der Waals surface area contributed by atoms with Crippen LogP contribution < -0.4 is 0 Å². The Labute approximate surface area is 117 Å². The molecule has 0 aliphatic carbocycles. The predicted molar refractivity (Wildman–Crippen MR) is 80.5 cm³/mol. The Kier molecular flexibility index (Phi) is 8.11. The predicted octanol–water partition coefficient (Wildman–Crippen LogP) is 5.10. The summed E-state index contributed by atoms with van der Waals surface area (Å²) in [7, 11) is 0. The molecule has 19 heavy (non-hydrogen) atoms. The Hall–Kier alpha value is -1.18. The number of unbranched alkanes of at least 4 members (excludes halogenated alkanes) is 7. The zero-order valence-electron chi connectivity index (χ0n) is 12.5. The molecule has 1 rings (SSSR count). The van der Waals surface area contributed by atoms with Crippen molar-refractivity contribution in [1.82, 2.24) is 4.98 Å². The molecule has 0 unspecified atom stereocenters. The molecule has 0 radical (unpaired) electrons. The molecule has 1 aromatic heterocycles. The van der Waals surface area contributed by atoms with E-state index in [2.05, 4.69) is 11.9 Å². The number of hydrogen-bond acceptors (Lipinski definition) is 2. The number of Topliss-reactive ketones (excluding diaryl/α,β-unsaturated/α-hetero) is 1. The highest BCUT2D eigenvalue weighted by Crippen LogP contribution is 2.13. The van der Waals surface area contributed by atoms with Crippen molar-refractivity contribution in [1.29, 1.82) is 0 Å². The number of rotatable bonds is 10. The van der Waals surface area contributed by atoms with E-state index in [1.807, 2.05) is 13.0 Å². The van der Waals surface area contributed by atoms with Crippen molar-refractivity contribution < 1.29 is 4.79 Å². The average Bonchev–Trinajstić information content (AvgIpc) is 2.42. The summed E-state index contributed by atoms with van der Waals surface area (Å²) in [6, 6.07) is 1.84. The molecule has 1 heterocycles. The van der Waals surface area contributed by atoms with E-state index in [0.29, 0.717) is 6.42 Å². The molecule has 0 fully saturated rings. The molecule has 0 saturated heterocycles. The van der Waals surface area contributed by atoms with Crippen LogP contribution in [0.5, 0.6) is 0 Å². The number of ketones is 1. The second-order valence-electron chi connectivity index (χ2n) is 5.34. The van der Waals surface area contributed by atoms with Gasteiger partial charge in [-0.25, -0.2) is 0 Å². The van der Waals surface area contributed by atoms with Crippen LogP contribution in [0.4, 0.5) is 0 Å². The average molecular weight is 261 g/mol. The topological polar surface area (TPSA) is 30.0 Å². The van der Waals surface area contributed by atoms with Crippen LogP contribution in [0.3, 0.4) is 0 Å². The highest BCUT2D eigenvalue weighted by Gasteiger charge is 2.07. The van der Waals surface area contributed by atoms with Crippen molar-refractivity contribution in [2.75, 3.05) is 0 Å². The number of hydrogen-bond donors (Lipinski definition) is 0. The lowest BCUT2D eigenvalue weighted by molar-refractivity contribution is 0.0978. The van der Waals surface area contributed by atoms with Crippen LogP contribution in [0.2, 0.25) is 0 Å². The van der Waals surface area contributed by atoms with E-state index in [9.17, 15) is 4.79 Å². The van der Waals surface area contributed by atoms with Crippen LogP contribution in [0.25, 0.3) is 0 Å². The highest BCUT2D eigenvalue weighted by molar-refractivity contribution is 5.97. The number of aromatic nitrogens is 1. The fourth-order valence-corrected chi connectivity index (χ4v) is 2.34. The second kappa shape index (κ2) is 9.71. The summed E-state index contributed by atoms with van der Waals surface area (Å²) in [5.41, 5.74) is 1.84. The minimum atomic E-state index is 0.269. The SMILES string of the molecule is CCCCCCCCCCC(=O)c1ccncc1C. The summed E-state index contributed by atoms with van der Waals surface area (Å²) in [6.45, 7) is 4.20. The van der Waals surface area contributed by atoms with Crippen LogP contribution in [0.15, 0.2) is 18.5 Å². The molecule has 0 spiro atoms. The van der Waals surface area contributed by atoms with Crippen LogP contribution in [-0.4, -0.2) is 10.8 Å². The maximum atomic E-state index is 12.0. The summed E-state index contributed by atoms with van der Waals surface area (Å²) >= 11 is 0. The molecule has 0 aromatic carbocycles. The van der Waals surface area contributed by atoms with Crippen molar-refractivity contribution in [3.63, 3.8) is 0 Å². The minimum Gasteiger partial charge on any atom is -0.294 e. The third kappa shape index (κ3) is 6.51. The van der Waals surface area contributed by atoms with Gasteiger partial charge in [0.15, 0.2) is 5.78 Å². The van der Waals surface area contributed by atoms with Crippen molar-refractivity contribution in [2.45, 2.75) is 71.6 Å². The molecule has 2 nitrogen and oxygen atoms in total. The van der Waals surface area contributed by atoms with E-state index in [-0.39, 0.29) is 5.78 Å². The van der Waals surface area contributed by atoms with Gasteiger partial charge < -0.3 is 0 Å². The largest absolute Gasteiger partial charge is 0.294 e. The highest BCUT2D eigenvalue weighted by atomic mass is 16.1. The van der Waals surface area contributed by atoms with Gasteiger partial charge >= 0.3 is 0 Å². The molecular weight excluding hydrogens is 234 g/mol. The molecule has 1 aromatic rings. The lowest BCUT2D eigenvalue weighted by Crippen LogP contribution is -2.01. The summed E-state index contributed by atoms with van der Waals surface area (Å²) in [5.74, 6) is 0.269. The Balaban J connectivity index is 2.10. The lowest BCUT2D eigenvalue weighted by Gasteiger charge is -2.04. The minimum absolute atomic E-state index is 0.269. The van der Waals surface area contributed by atoms with E-state index in [0.717, 1.165) is 17.5 Å². The van der Waals surface area contributed by atoms with Gasteiger partial charge in [0, 0.05) is 24.4 Å². The maximum Gasteiger partial charge on any atom is 0.163 e. The Morgan fingerprint density at radius 2 is 1.68 bits per heavy atom. The molecule has 2 heteroatoms. The van der Waals surface area contributed by atoms with E-state index in [4.69, 9.17) is 0 Å². The van der Waals surface area contributed by atoms with E-state index >= 15 is 0 Å². The van der Waals surface area contributed by atoms with Crippen LogP contribution in [0.1, 0.15) is 80.6 Å². The zero-order chi connectivity index (χ0) is 13.9. The van der Waals surface area contributed by atoms with Gasteiger partial charge in [-0.2, -0.15) is 0 Å². The van der Waals surface area contributed by atoms with E-state index < -0.39 is 0 Å². The first-order valence-corrected chi connectivity index (χ1v) is 7.69. The summed E-state index contributed by atoms with van der Waals surface area (Å²) < 4.78 is 0. The molecule has 0 saturated carbocycles. The van der Waals surface area contributed by atoms with Gasteiger partial charge in [-0.1, -0.05) is 51.9 Å². The fourth-order valence-electron chi connectivity index (χ4n) is 2.34. The first kappa shape index (κ1) is 15.9. The summed E-state index contributed by atoms with van der Waals surface area (Å²) in [6.07, 6.45) is 14.3. The quantitative estimate of drug-likeness (QED) is 0.433.